The molecule has 1 rings (SSSR count). The van der Waals surface area contributed by atoms with Crippen molar-refractivity contribution in [1.82, 2.24) is 15.1 Å². The average molecular weight is 241 g/mol. The number of aryl methyl sites for hydroxylation is 1. The predicted molar refractivity (Wildman–Crippen MR) is 58.1 cm³/mol. The molecule has 3 N–H and O–H groups in total. The van der Waals surface area contributed by atoms with Crippen LogP contribution in [0.3, 0.4) is 0 Å². The first-order valence-electron chi connectivity index (χ1n) is 5.12. The number of nitrogens with one attached hydrogen (secondary N) is 1. The van der Waals surface area contributed by atoms with E-state index in [0.717, 1.165) is 6.92 Å². The molecule has 1 atom stereocenters. The summed E-state index contributed by atoms with van der Waals surface area (Å²) in [4.78, 5) is 21.9. The number of aliphatic carboxylic acids is 1. The molecule has 1 unspecified atom stereocenters. The number of carboxylic acid groups (broad SMARTS) is 1. The van der Waals surface area contributed by atoms with E-state index in [1.54, 1.807) is 23.1 Å². The lowest BCUT2D eigenvalue weighted by Gasteiger charge is -2.18. The van der Waals surface area contributed by atoms with E-state index >= 15 is 0 Å². The Kier molecular flexibility index (Phi) is 4.22. The van der Waals surface area contributed by atoms with Crippen LogP contribution < -0.4 is 5.32 Å². The van der Waals surface area contributed by atoms with Gasteiger partial charge in [-0.2, -0.15) is 5.10 Å². The summed E-state index contributed by atoms with van der Waals surface area (Å²) in [6, 6.07) is 1.74. The zero-order valence-electron chi connectivity index (χ0n) is 9.46. The van der Waals surface area contributed by atoms with Crippen LogP contribution in [0.2, 0.25) is 0 Å². The number of carboxylic acids is 1. The third kappa shape index (κ3) is 4.23. The molecule has 1 aromatic rings. The molecule has 0 aliphatic rings. The normalized spacial score (nSPS) is 14.0. The fourth-order valence-corrected chi connectivity index (χ4v) is 1.08. The maximum Gasteiger partial charge on any atom is 0.337 e. The topological polar surface area (TPSA) is 104 Å². The highest BCUT2D eigenvalue weighted by molar-refractivity contribution is 5.80. The summed E-state index contributed by atoms with van der Waals surface area (Å²) >= 11 is 0. The Labute approximate surface area is 98.1 Å². The monoisotopic (exact) mass is 241 g/mol. The van der Waals surface area contributed by atoms with Gasteiger partial charge in [0.25, 0.3) is 0 Å². The van der Waals surface area contributed by atoms with Gasteiger partial charge in [0.1, 0.15) is 0 Å². The fourth-order valence-electron chi connectivity index (χ4n) is 1.08. The van der Waals surface area contributed by atoms with E-state index in [0.29, 0.717) is 6.54 Å². The van der Waals surface area contributed by atoms with Crippen molar-refractivity contribution in [3.63, 3.8) is 0 Å². The summed E-state index contributed by atoms with van der Waals surface area (Å²) in [5, 5.41) is 24.3. The van der Waals surface area contributed by atoms with Crippen LogP contribution in [0.15, 0.2) is 18.5 Å². The van der Waals surface area contributed by atoms with Gasteiger partial charge in [0.15, 0.2) is 5.60 Å². The summed E-state index contributed by atoms with van der Waals surface area (Å²) in [6.07, 6.45) is 3.51. The average Bonchev–Trinajstić information content (AvgIpc) is 2.76. The van der Waals surface area contributed by atoms with E-state index in [1.807, 2.05) is 0 Å². The van der Waals surface area contributed by atoms with Crippen LogP contribution in [0, 0.1) is 0 Å². The molecule has 0 spiro atoms. The van der Waals surface area contributed by atoms with Gasteiger partial charge >= 0.3 is 5.97 Å². The Morgan fingerprint density at radius 3 is 2.76 bits per heavy atom. The second-order valence-corrected chi connectivity index (χ2v) is 3.87. The lowest BCUT2D eigenvalue weighted by Crippen LogP contribution is -2.46. The number of carbonyl (C=O) groups is 2. The standard InChI is InChI=1S/C10H15N3O4/c1-10(17,9(15)16)7-11-8(14)3-6-13-5-2-4-12-13/h2,4-5,17H,3,6-7H2,1H3,(H,11,14)(H,15,16). The second kappa shape index (κ2) is 5.44. The van der Waals surface area contributed by atoms with Gasteiger partial charge in [0.2, 0.25) is 5.91 Å². The molecule has 0 radical (unpaired) electrons. The van der Waals surface area contributed by atoms with E-state index < -0.39 is 11.6 Å². The smallest absolute Gasteiger partial charge is 0.337 e. The number of hydrogen-bond donors (Lipinski definition) is 3. The molecule has 0 saturated carbocycles. The Morgan fingerprint density at radius 2 is 2.24 bits per heavy atom. The third-order valence-electron chi connectivity index (χ3n) is 2.22. The molecule has 7 heteroatoms. The van der Waals surface area contributed by atoms with Gasteiger partial charge in [0.05, 0.1) is 6.54 Å². The molecule has 0 saturated heterocycles. The largest absolute Gasteiger partial charge is 0.479 e. The highest BCUT2D eigenvalue weighted by Gasteiger charge is 2.30. The lowest BCUT2D eigenvalue weighted by atomic mass is 10.1. The Balaban J connectivity index is 2.28. The maximum atomic E-state index is 11.4. The van der Waals surface area contributed by atoms with Crippen LogP contribution in [0.4, 0.5) is 0 Å². The van der Waals surface area contributed by atoms with Crippen LogP contribution in [0.5, 0.6) is 0 Å². The minimum Gasteiger partial charge on any atom is -0.479 e. The van der Waals surface area contributed by atoms with Crippen molar-refractivity contribution < 1.29 is 19.8 Å². The summed E-state index contributed by atoms with van der Waals surface area (Å²) in [5.74, 6) is -1.70. The van der Waals surface area contributed by atoms with E-state index in [9.17, 15) is 14.7 Å². The quantitative estimate of drug-likeness (QED) is 0.606. The molecule has 1 aromatic heterocycles. The molecule has 0 aliphatic carbocycles. The van der Waals surface area contributed by atoms with Crippen LogP contribution in [-0.2, 0) is 16.1 Å². The number of hydrogen-bond acceptors (Lipinski definition) is 4. The van der Waals surface area contributed by atoms with Crippen molar-refractivity contribution in [2.45, 2.75) is 25.5 Å². The van der Waals surface area contributed by atoms with Gasteiger partial charge in [-0.25, -0.2) is 4.79 Å². The third-order valence-corrected chi connectivity index (χ3v) is 2.22. The van der Waals surface area contributed by atoms with E-state index in [-0.39, 0.29) is 18.9 Å². The summed E-state index contributed by atoms with van der Waals surface area (Å²) < 4.78 is 1.59. The van der Waals surface area contributed by atoms with Gasteiger partial charge in [-0.15, -0.1) is 0 Å². The molecule has 0 fully saturated rings. The Hall–Kier alpha value is -1.89. The minimum absolute atomic E-state index is 0.178. The zero-order chi connectivity index (χ0) is 12.9. The number of aliphatic hydroxyl groups is 1. The van der Waals surface area contributed by atoms with Crippen molar-refractivity contribution in [2.75, 3.05) is 6.54 Å². The van der Waals surface area contributed by atoms with Crippen molar-refractivity contribution in [2.24, 2.45) is 0 Å². The van der Waals surface area contributed by atoms with Crippen LogP contribution in [-0.4, -0.2) is 44.0 Å². The molecule has 0 bridgehead atoms. The molecule has 0 aromatic carbocycles. The van der Waals surface area contributed by atoms with Crippen molar-refractivity contribution in [3.05, 3.63) is 18.5 Å². The van der Waals surface area contributed by atoms with Gasteiger partial charge in [-0.3, -0.25) is 9.48 Å². The second-order valence-electron chi connectivity index (χ2n) is 3.87. The Bertz CT molecular complexity index is 386. The Morgan fingerprint density at radius 1 is 1.53 bits per heavy atom. The van der Waals surface area contributed by atoms with Gasteiger partial charge < -0.3 is 15.5 Å². The first-order valence-corrected chi connectivity index (χ1v) is 5.12. The van der Waals surface area contributed by atoms with E-state index in [4.69, 9.17) is 5.11 Å². The molecule has 1 amide bonds. The molecule has 0 aliphatic heterocycles. The summed E-state index contributed by atoms with van der Waals surface area (Å²) in [7, 11) is 0. The van der Waals surface area contributed by atoms with Gasteiger partial charge in [-0.1, -0.05) is 0 Å². The highest BCUT2D eigenvalue weighted by atomic mass is 16.4. The number of carbonyl (C=O) groups excluding carboxylic acids is 1. The number of nitrogens with zero attached hydrogens (tertiary/aromatic N) is 2. The lowest BCUT2D eigenvalue weighted by molar-refractivity contribution is -0.156. The first-order chi connectivity index (χ1) is 7.92. The highest BCUT2D eigenvalue weighted by Crippen LogP contribution is 2.01. The van der Waals surface area contributed by atoms with E-state index in [2.05, 4.69) is 10.4 Å². The van der Waals surface area contributed by atoms with Gasteiger partial charge in [-0.05, 0) is 13.0 Å². The van der Waals surface area contributed by atoms with Crippen LogP contribution >= 0.6 is 0 Å². The molecule has 1 heterocycles. The molecule has 17 heavy (non-hydrogen) atoms. The van der Waals surface area contributed by atoms with Crippen molar-refractivity contribution >= 4 is 11.9 Å². The van der Waals surface area contributed by atoms with Crippen LogP contribution in [0.25, 0.3) is 0 Å². The zero-order valence-corrected chi connectivity index (χ0v) is 9.46. The maximum absolute atomic E-state index is 11.4. The van der Waals surface area contributed by atoms with Crippen molar-refractivity contribution in [1.29, 1.82) is 0 Å². The number of aromatic nitrogens is 2. The minimum atomic E-state index is -1.94. The molecule has 94 valence electrons. The van der Waals surface area contributed by atoms with E-state index in [1.165, 1.54) is 0 Å². The number of amides is 1. The van der Waals surface area contributed by atoms with Crippen LogP contribution in [0.1, 0.15) is 13.3 Å². The number of rotatable bonds is 6. The summed E-state index contributed by atoms with van der Waals surface area (Å²) in [5.41, 5.74) is -1.94. The summed E-state index contributed by atoms with van der Waals surface area (Å²) in [6.45, 7) is 1.22. The first kappa shape index (κ1) is 13.2. The molecular formula is C10H15N3O4. The predicted octanol–water partition coefficient (Wildman–Crippen LogP) is -0.775. The fraction of sp³-hybridized carbons (Fsp3) is 0.500. The molecular weight excluding hydrogens is 226 g/mol. The van der Waals surface area contributed by atoms with Crippen molar-refractivity contribution in [3.8, 4) is 0 Å². The SMILES string of the molecule is CC(O)(CNC(=O)CCn1cccn1)C(=O)O. The molecule has 7 nitrogen and oxygen atoms in total. The van der Waals surface area contributed by atoms with Gasteiger partial charge in [0, 0.05) is 25.4 Å².